The maximum atomic E-state index is 13.9. The van der Waals surface area contributed by atoms with E-state index in [2.05, 4.69) is 5.32 Å². The Bertz CT molecular complexity index is 1380. The van der Waals surface area contributed by atoms with Crippen molar-refractivity contribution in [2.75, 3.05) is 18.0 Å². The van der Waals surface area contributed by atoms with E-state index in [1.807, 2.05) is 33.8 Å². The van der Waals surface area contributed by atoms with Gasteiger partial charge >= 0.3 is 0 Å². The van der Waals surface area contributed by atoms with Gasteiger partial charge in [0.15, 0.2) is 0 Å². The first-order valence-corrected chi connectivity index (χ1v) is 14.1. The number of amides is 2. The molecule has 0 aromatic heterocycles. The Morgan fingerprint density at radius 1 is 0.949 bits per heavy atom. The van der Waals surface area contributed by atoms with Crippen molar-refractivity contribution < 1.29 is 22.7 Å². The molecule has 3 aromatic rings. The minimum atomic E-state index is -4.09. The molecule has 2 amide bonds. The van der Waals surface area contributed by atoms with Crippen molar-refractivity contribution in [2.45, 2.75) is 57.6 Å². The fourth-order valence-corrected chi connectivity index (χ4v) is 5.40. The summed E-state index contributed by atoms with van der Waals surface area (Å²) in [5.41, 5.74) is 1.49. The second-order valence-electron chi connectivity index (χ2n) is 10.4. The Morgan fingerprint density at radius 2 is 1.59 bits per heavy atom. The fourth-order valence-electron chi connectivity index (χ4n) is 3.98. The molecule has 1 atom stereocenters. The average molecular weight is 552 g/mol. The minimum Gasteiger partial charge on any atom is -0.497 e. The zero-order valence-corrected chi connectivity index (χ0v) is 24.2. The van der Waals surface area contributed by atoms with Gasteiger partial charge < -0.3 is 15.0 Å². The summed E-state index contributed by atoms with van der Waals surface area (Å²) in [6.45, 7) is 8.68. The van der Waals surface area contributed by atoms with Crippen LogP contribution in [-0.4, -0.2) is 50.4 Å². The van der Waals surface area contributed by atoms with Gasteiger partial charge in [-0.15, -0.1) is 0 Å². The highest BCUT2D eigenvalue weighted by atomic mass is 32.2. The van der Waals surface area contributed by atoms with Crippen LogP contribution in [0, 0.1) is 6.92 Å². The molecule has 3 rings (SSSR count). The highest BCUT2D eigenvalue weighted by molar-refractivity contribution is 7.92. The topological polar surface area (TPSA) is 96.0 Å². The third-order valence-corrected chi connectivity index (χ3v) is 7.87. The van der Waals surface area contributed by atoms with Gasteiger partial charge in [0, 0.05) is 12.1 Å². The maximum absolute atomic E-state index is 13.9. The van der Waals surface area contributed by atoms with Gasteiger partial charge in [-0.05, 0) is 76.6 Å². The Labute approximate surface area is 231 Å². The summed E-state index contributed by atoms with van der Waals surface area (Å²) < 4.78 is 34.0. The molecule has 0 fully saturated rings. The van der Waals surface area contributed by atoms with Gasteiger partial charge in [-0.2, -0.15) is 0 Å². The molecule has 3 aromatic carbocycles. The normalized spacial score (nSPS) is 12.4. The molecular weight excluding hydrogens is 514 g/mol. The number of nitrogens with one attached hydrogen (secondary N) is 1. The molecule has 0 aliphatic heterocycles. The molecule has 39 heavy (non-hydrogen) atoms. The molecule has 208 valence electrons. The number of ether oxygens (including phenoxy) is 1. The zero-order valence-electron chi connectivity index (χ0n) is 23.3. The Hall–Kier alpha value is -3.85. The average Bonchev–Trinajstić information content (AvgIpc) is 2.89. The number of methoxy groups -OCH3 is 1. The summed E-state index contributed by atoms with van der Waals surface area (Å²) in [6.07, 6.45) is 0. The highest BCUT2D eigenvalue weighted by Crippen LogP contribution is 2.25. The number of carbonyl (C=O) groups excluding carboxylic acids is 2. The molecule has 0 saturated carbocycles. The molecule has 9 heteroatoms. The predicted molar refractivity (Wildman–Crippen MR) is 153 cm³/mol. The Morgan fingerprint density at radius 3 is 2.18 bits per heavy atom. The minimum absolute atomic E-state index is 0.0719. The van der Waals surface area contributed by atoms with Crippen LogP contribution in [0.25, 0.3) is 0 Å². The summed E-state index contributed by atoms with van der Waals surface area (Å²) in [6, 6.07) is 21.3. The van der Waals surface area contributed by atoms with Crippen LogP contribution in [0.4, 0.5) is 5.69 Å². The number of hydrogen-bond donors (Lipinski definition) is 1. The summed E-state index contributed by atoms with van der Waals surface area (Å²) in [5.74, 6) is -0.250. The van der Waals surface area contributed by atoms with Crippen LogP contribution < -0.4 is 14.4 Å². The van der Waals surface area contributed by atoms with Crippen molar-refractivity contribution in [2.24, 2.45) is 0 Å². The largest absolute Gasteiger partial charge is 0.497 e. The Balaban J connectivity index is 2.02. The lowest BCUT2D eigenvalue weighted by Crippen LogP contribution is -2.54. The van der Waals surface area contributed by atoms with Gasteiger partial charge in [-0.25, -0.2) is 8.42 Å². The second kappa shape index (κ2) is 12.3. The smallest absolute Gasteiger partial charge is 0.264 e. The van der Waals surface area contributed by atoms with E-state index in [1.165, 1.54) is 17.0 Å². The first kappa shape index (κ1) is 29.7. The van der Waals surface area contributed by atoms with Gasteiger partial charge in [0.1, 0.15) is 18.3 Å². The van der Waals surface area contributed by atoms with E-state index in [-0.39, 0.29) is 17.3 Å². The molecule has 0 heterocycles. The standard InChI is InChI=1S/C30H37N3O5S/c1-22-15-17-27(18-16-22)39(36,37)33(25-12-8-7-9-13-25)21-28(34)32(23(2)29(35)31-30(3,4)5)20-24-11-10-14-26(19-24)38-6/h7-19,23H,20-21H2,1-6H3,(H,31,35)/t23-/m1/s1. The molecule has 0 spiro atoms. The van der Waals surface area contributed by atoms with E-state index in [1.54, 1.807) is 74.7 Å². The number of aryl methyl sites for hydroxylation is 1. The highest BCUT2D eigenvalue weighted by Gasteiger charge is 2.33. The quantitative estimate of drug-likeness (QED) is 0.399. The van der Waals surface area contributed by atoms with E-state index < -0.39 is 34.1 Å². The lowest BCUT2D eigenvalue weighted by atomic mass is 10.1. The van der Waals surface area contributed by atoms with Crippen molar-refractivity contribution in [3.05, 3.63) is 90.0 Å². The number of para-hydroxylation sites is 1. The molecule has 1 N–H and O–H groups in total. The monoisotopic (exact) mass is 551 g/mol. The Kier molecular flexibility index (Phi) is 9.40. The first-order valence-electron chi connectivity index (χ1n) is 12.7. The van der Waals surface area contributed by atoms with E-state index in [0.29, 0.717) is 11.4 Å². The number of rotatable bonds is 10. The predicted octanol–water partition coefficient (Wildman–Crippen LogP) is 4.53. The van der Waals surface area contributed by atoms with Crippen molar-refractivity contribution in [1.82, 2.24) is 10.2 Å². The number of benzene rings is 3. The lowest BCUT2D eigenvalue weighted by Gasteiger charge is -2.33. The van der Waals surface area contributed by atoms with E-state index in [4.69, 9.17) is 4.74 Å². The first-order chi connectivity index (χ1) is 18.3. The molecule has 0 aliphatic carbocycles. The van der Waals surface area contributed by atoms with Crippen LogP contribution in [0.15, 0.2) is 83.8 Å². The second-order valence-corrected chi connectivity index (χ2v) is 12.3. The van der Waals surface area contributed by atoms with E-state index in [9.17, 15) is 18.0 Å². The summed E-state index contributed by atoms with van der Waals surface area (Å²) in [5, 5.41) is 2.92. The van der Waals surface area contributed by atoms with Crippen molar-refractivity contribution in [1.29, 1.82) is 0 Å². The number of anilines is 1. The molecular formula is C30H37N3O5S. The molecule has 0 aliphatic rings. The lowest BCUT2D eigenvalue weighted by molar-refractivity contribution is -0.140. The zero-order chi connectivity index (χ0) is 28.8. The van der Waals surface area contributed by atoms with Gasteiger partial charge in [-0.3, -0.25) is 13.9 Å². The van der Waals surface area contributed by atoms with Gasteiger partial charge in [0.2, 0.25) is 11.8 Å². The van der Waals surface area contributed by atoms with Crippen molar-refractivity contribution in [3.8, 4) is 5.75 Å². The van der Waals surface area contributed by atoms with E-state index >= 15 is 0 Å². The van der Waals surface area contributed by atoms with Crippen molar-refractivity contribution in [3.63, 3.8) is 0 Å². The summed E-state index contributed by atoms with van der Waals surface area (Å²) >= 11 is 0. The third-order valence-electron chi connectivity index (χ3n) is 6.08. The van der Waals surface area contributed by atoms with Crippen LogP contribution >= 0.6 is 0 Å². The van der Waals surface area contributed by atoms with Crippen LogP contribution in [0.5, 0.6) is 5.75 Å². The van der Waals surface area contributed by atoms with E-state index in [0.717, 1.165) is 15.4 Å². The molecule has 0 unspecified atom stereocenters. The number of sulfonamides is 1. The van der Waals surface area contributed by atoms with Gasteiger partial charge in [0.25, 0.3) is 10.0 Å². The number of nitrogens with zero attached hydrogens (tertiary/aromatic N) is 2. The molecule has 0 radical (unpaired) electrons. The molecule has 0 bridgehead atoms. The van der Waals surface area contributed by atoms with Crippen LogP contribution in [-0.2, 0) is 26.2 Å². The van der Waals surface area contributed by atoms with Crippen LogP contribution in [0.3, 0.4) is 0 Å². The van der Waals surface area contributed by atoms with Crippen LogP contribution in [0.2, 0.25) is 0 Å². The summed E-state index contributed by atoms with van der Waals surface area (Å²) in [7, 11) is -2.54. The van der Waals surface area contributed by atoms with Gasteiger partial charge in [-0.1, -0.05) is 48.0 Å². The third kappa shape index (κ3) is 7.83. The van der Waals surface area contributed by atoms with Gasteiger partial charge in [0.05, 0.1) is 17.7 Å². The fraction of sp³-hybridized carbons (Fsp3) is 0.333. The van der Waals surface area contributed by atoms with Crippen LogP contribution in [0.1, 0.15) is 38.8 Å². The molecule has 0 saturated heterocycles. The SMILES string of the molecule is COc1cccc(CN(C(=O)CN(c2ccccc2)S(=O)(=O)c2ccc(C)cc2)[C@H](C)C(=O)NC(C)(C)C)c1. The maximum Gasteiger partial charge on any atom is 0.264 e. The molecule has 8 nitrogen and oxygen atoms in total. The van der Waals surface area contributed by atoms with Crippen molar-refractivity contribution >= 4 is 27.5 Å². The summed E-state index contributed by atoms with van der Waals surface area (Å²) in [4.78, 5) is 28.6. The number of carbonyl (C=O) groups is 2. The number of hydrogen-bond acceptors (Lipinski definition) is 5.